The van der Waals surface area contributed by atoms with E-state index in [1.54, 1.807) is 0 Å². The highest BCUT2D eigenvalue weighted by atomic mass is 79.9. The van der Waals surface area contributed by atoms with E-state index < -0.39 is 0 Å². The summed E-state index contributed by atoms with van der Waals surface area (Å²) in [6.45, 7) is 8.63. The molecule has 170 valence electrons. The highest BCUT2D eigenvalue weighted by Crippen LogP contribution is 2.42. The number of rotatable bonds is 4. The Hall–Kier alpha value is -2.41. The van der Waals surface area contributed by atoms with Gasteiger partial charge in [-0.1, -0.05) is 26.8 Å². The van der Waals surface area contributed by atoms with Crippen molar-refractivity contribution >= 4 is 34.3 Å². The van der Waals surface area contributed by atoms with E-state index in [4.69, 9.17) is 15.1 Å². The van der Waals surface area contributed by atoms with Gasteiger partial charge in [0.1, 0.15) is 23.9 Å². The van der Waals surface area contributed by atoms with Crippen molar-refractivity contribution in [3.8, 4) is 5.75 Å². The molecule has 32 heavy (non-hydrogen) atoms. The largest absolute Gasteiger partial charge is 0.489 e. The zero-order chi connectivity index (χ0) is 21.9. The van der Waals surface area contributed by atoms with E-state index in [0.717, 1.165) is 40.5 Å². The van der Waals surface area contributed by atoms with Gasteiger partial charge in [-0.15, -0.1) is 17.0 Å². The molecule has 0 saturated heterocycles. The first-order valence-corrected chi connectivity index (χ1v) is 11.1. The minimum absolute atomic E-state index is 0. The summed E-state index contributed by atoms with van der Waals surface area (Å²) in [6.07, 6.45) is 2.38. The number of Topliss-reactive ketones (excluding diaryl/α,β-unsaturated/α-hetero) is 1. The molecule has 1 N–H and O–H groups in total. The molecule has 0 spiro atoms. The Bertz CT molecular complexity index is 1090. The molecule has 1 aromatic carbocycles. The highest BCUT2D eigenvalue weighted by molar-refractivity contribution is 8.93. The normalized spacial score (nSPS) is 17.4. The Morgan fingerprint density at radius 1 is 1.25 bits per heavy atom. The summed E-state index contributed by atoms with van der Waals surface area (Å²) in [5.41, 5.74) is 5.43. The predicted molar refractivity (Wildman–Crippen MR) is 132 cm³/mol. The van der Waals surface area contributed by atoms with Gasteiger partial charge >= 0.3 is 0 Å². The summed E-state index contributed by atoms with van der Waals surface area (Å²) < 4.78 is 6.01. The number of aromatic nitrogens is 1. The van der Waals surface area contributed by atoms with Crippen LogP contribution in [0.1, 0.15) is 72.4 Å². The number of anilines is 1. The van der Waals surface area contributed by atoms with Crippen molar-refractivity contribution in [1.82, 2.24) is 9.88 Å². The van der Waals surface area contributed by atoms with Gasteiger partial charge in [-0.25, -0.2) is 4.98 Å². The topological polar surface area (TPSA) is 69.5 Å². The van der Waals surface area contributed by atoms with E-state index in [-0.39, 0.29) is 34.7 Å². The van der Waals surface area contributed by atoms with Crippen LogP contribution in [0.15, 0.2) is 24.3 Å². The second-order valence-electron chi connectivity index (χ2n) is 10.0. The van der Waals surface area contributed by atoms with Gasteiger partial charge in [-0.05, 0) is 36.5 Å². The summed E-state index contributed by atoms with van der Waals surface area (Å²) in [5.74, 6) is 1.82. The number of ketones is 1. The molecule has 0 unspecified atom stereocenters. The Morgan fingerprint density at radius 2 is 2.00 bits per heavy atom. The third-order valence-electron chi connectivity index (χ3n) is 6.52. The van der Waals surface area contributed by atoms with E-state index in [2.05, 4.69) is 37.8 Å². The fourth-order valence-corrected chi connectivity index (χ4v) is 4.45. The van der Waals surface area contributed by atoms with Gasteiger partial charge in [0.15, 0.2) is 5.78 Å². The van der Waals surface area contributed by atoms with Crippen LogP contribution in [0.4, 0.5) is 5.69 Å². The number of hydrogen-bond donors (Lipinski definition) is 1. The molecule has 2 aromatic rings. The third kappa shape index (κ3) is 4.03. The van der Waals surface area contributed by atoms with Crippen molar-refractivity contribution in [3.63, 3.8) is 0 Å². The maximum absolute atomic E-state index is 13.3. The Labute approximate surface area is 200 Å². The van der Waals surface area contributed by atoms with Crippen molar-refractivity contribution in [2.75, 3.05) is 31.6 Å². The van der Waals surface area contributed by atoms with E-state index in [1.165, 1.54) is 12.8 Å². The predicted octanol–water partition coefficient (Wildman–Crippen LogP) is 4.69. The average molecular weight is 499 g/mol. The monoisotopic (exact) mass is 498 g/mol. The van der Waals surface area contributed by atoms with Crippen LogP contribution in [0.25, 0.3) is 0 Å². The van der Waals surface area contributed by atoms with Crippen LogP contribution in [0.2, 0.25) is 0 Å². The molecule has 3 aliphatic rings. The average Bonchev–Trinajstić information content (AvgIpc) is 3.53. The summed E-state index contributed by atoms with van der Waals surface area (Å²) >= 11 is 0. The number of hydrogen-bond acceptors (Lipinski definition) is 5. The number of ether oxygens (including phenoxy) is 1. The van der Waals surface area contributed by atoms with Gasteiger partial charge in [0.05, 0.1) is 18.8 Å². The molecular weight excluding hydrogens is 468 g/mol. The van der Waals surface area contributed by atoms with Crippen LogP contribution in [-0.4, -0.2) is 48.2 Å². The van der Waals surface area contributed by atoms with Crippen molar-refractivity contribution < 1.29 is 9.53 Å². The number of fused-ring (bicyclic) bond motifs is 2. The van der Waals surface area contributed by atoms with Crippen LogP contribution in [0.3, 0.4) is 0 Å². The Kier molecular flexibility index (Phi) is 5.82. The van der Waals surface area contributed by atoms with E-state index in [1.807, 2.05) is 24.1 Å². The molecule has 3 heterocycles. The maximum atomic E-state index is 13.3. The fourth-order valence-electron chi connectivity index (χ4n) is 4.45. The quantitative estimate of drug-likeness (QED) is 0.619. The first-order valence-electron chi connectivity index (χ1n) is 11.1. The van der Waals surface area contributed by atoms with Gasteiger partial charge < -0.3 is 14.5 Å². The Morgan fingerprint density at radius 3 is 2.69 bits per heavy atom. The molecule has 1 aliphatic carbocycles. The van der Waals surface area contributed by atoms with Crippen LogP contribution < -0.4 is 9.64 Å². The summed E-state index contributed by atoms with van der Waals surface area (Å²) in [7, 11) is 2.04. The van der Waals surface area contributed by atoms with Gasteiger partial charge in [0.2, 0.25) is 0 Å². The number of nitrogens with zero attached hydrogens (tertiary/aromatic N) is 3. The summed E-state index contributed by atoms with van der Waals surface area (Å²) in [5, 5.41) is 8.61. The molecule has 2 aliphatic heterocycles. The molecule has 1 fully saturated rings. The number of likely N-dealkylation sites (N-methyl/N-ethyl adjacent to an activating group) is 1. The molecule has 6 nitrogen and oxygen atoms in total. The van der Waals surface area contributed by atoms with Crippen LogP contribution in [0, 0.1) is 5.41 Å². The number of nitrogens with one attached hydrogen (secondary N) is 1. The zero-order valence-corrected chi connectivity index (χ0v) is 20.9. The van der Waals surface area contributed by atoms with Crippen LogP contribution in [0.5, 0.6) is 5.75 Å². The molecule has 1 saturated carbocycles. The minimum Gasteiger partial charge on any atom is -0.489 e. The zero-order valence-electron chi connectivity index (χ0n) is 19.2. The number of carbonyl (C=O) groups is 1. The van der Waals surface area contributed by atoms with Gasteiger partial charge in [0, 0.05) is 41.9 Å². The highest BCUT2D eigenvalue weighted by Gasteiger charge is 2.32. The van der Waals surface area contributed by atoms with Crippen molar-refractivity contribution in [2.45, 2.75) is 51.5 Å². The number of benzene rings is 1. The minimum atomic E-state index is -0.141. The second kappa shape index (κ2) is 8.18. The number of pyridine rings is 1. The fraction of sp³-hybridized carbons (Fsp3) is 0.480. The standard InChI is InChI=1S/C25H30N4O2.BrH/c1-25(2,3)18-11-17(12-20-23(18)31-10-9-28(20)4)21(30)14-29-13-16-7-8-19(15-5-6-15)27-22(16)24(29)26;/h7-8,11-12,15,26H,5-6,9-10,13-14H2,1-4H3;1H. The Balaban J connectivity index is 0.00000245. The third-order valence-corrected chi connectivity index (χ3v) is 6.52. The summed E-state index contributed by atoms with van der Waals surface area (Å²) in [4.78, 5) is 22.1. The van der Waals surface area contributed by atoms with Gasteiger partial charge in [-0.2, -0.15) is 0 Å². The second-order valence-corrected chi connectivity index (χ2v) is 10.0. The lowest BCUT2D eigenvalue weighted by Gasteiger charge is -2.33. The lowest BCUT2D eigenvalue weighted by atomic mass is 9.84. The molecular formula is C25H31BrN4O2. The van der Waals surface area contributed by atoms with Crippen molar-refractivity contribution in [1.29, 1.82) is 5.41 Å². The molecule has 0 amide bonds. The molecule has 7 heteroatoms. The van der Waals surface area contributed by atoms with Gasteiger partial charge in [0.25, 0.3) is 0 Å². The number of carbonyl (C=O) groups excluding carboxylic acids is 1. The maximum Gasteiger partial charge on any atom is 0.182 e. The van der Waals surface area contributed by atoms with E-state index in [0.29, 0.717) is 30.5 Å². The summed E-state index contributed by atoms with van der Waals surface area (Å²) in [6, 6.07) is 8.10. The first-order chi connectivity index (χ1) is 14.7. The molecule has 1 aromatic heterocycles. The first kappa shape index (κ1) is 22.8. The molecule has 0 bridgehead atoms. The van der Waals surface area contributed by atoms with E-state index in [9.17, 15) is 4.79 Å². The lowest BCUT2D eigenvalue weighted by molar-refractivity contribution is 0.0962. The van der Waals surface area contributed by atoms with E-state index >= 15 is 0 Å². The molecule has 5 rings (SSSR count). The smallest absolute Gasteiger partial charge is 0.182 e. The van der Waals surface area contributed by atoms with Crippen molar-refractivity contribution in [3.05, 3.63) is 52.3 Å². The lowest BCUT2D eigenvalue weighted by Crippen LogP contribution is -2.33. The number of amidine groups is 1. The SMILES string of the molecule is Br.CN1CCOc2c1cc(C(=O)CN1Cc3ccc(C4CC4)nc3C1=N)cc2C(C)(C)C. The van der Waals surface area contributed by atoms with Gasteiger partial charge in [-0.3, -0.25) is 10.2 Å². The van der Waals surface area contributed by atoms with Crippen LogP contribution in [-0.2, 0) is 12.0 Å². The number of halogens is 1. The molecule has 0 radical (unpaired) electrons. The van der Waals surface area contributed by atoms with Crippen LogP contribution >= 0.6 is 17.0 Å². The molecule has 0 atom stereocenters. The van der Waals surface area contributed by atoms with Crippen molar-refractivity contribution in [2.24, 2.45) is 0 Å².